The monoisotopic (exact) mass is 430 g/mol. The van der Waals surface area contributed by atoms with E-state index in [9.17, 15) is 9.59 Å². The fourth-order valence-electron chi connectivity index (χ4n) is 3.55. The van der Waals surface area contributed by atoms with Crippen molar-refractivity contribution in [1.82, 2.24) is 10.2 Å². The number of hydrogen-bond acceptors (Lipinski definition) is 3. The topological polar surface area (TPSA) is 58.6 Å². The van der Waals surface area contributed by atoms with Crippen LogP contribution in [-0.4, -0.2) is 36.4 Å². The third-order valence-corrected chi connectivity index (χ3v) is 5.41. The highest BCUT2D eigenvalue weighted by atomic mass is 16.5. The SMILES string of the molecule is CCc1ccc(OCC(=O)N(Cc2ccccc2)[C@@H](Cc2ccccc2)C(=O)NC)cc1. The van der Waals surface area contributed by atoms with Gasteiger partial charge in [0, 0.05) is 20.0 Å². The van der Waals surface area contributed by atoms with Crippen LogP contribution in [0.15, 0.2) is 84.9 Å². The van der Waals surface area contributed by atoms with Gasteiger partial charge in [-0.15, -0.1) is 0 Å². The summed E-state index contributed by atoms with van der Waals surface area (Å²) in [5.41, 5.74) is 3.15. The maximum atomic E-state index is 13.3. The number of nitrogens with one attached hydrogen (secondary N) is 1. The zero-order chi connectivity index (χ0) is 22.8. The van der Waals surface area contributed by atoms with Crippen molar-refractivity contribution >= 4 is 11.8 Å². The Morgan fingerprint density at radius 1 is 0.844 bits per heavy atom. The van der Waals surface area contributed by atoms with Gasteiger partial charge in [0.2, 0.25) is 5.91 Å². The number of hydrogen-bond donors (Lipinski definition) is 1. The lowest BCUT2D eigenvalue weighted by molar-refractivity contribution is -0.142. The largest absolute Gasteiger partial charge is 0.484 e. The summed E-state index contributed by atoms with van der Waals surface area (Å²) in [5.74, 6) is 0.193. The molecule has 5 nitrogen and oxygen atoms in total. The number of aryl methyl sites for hydroxylation is 1. The molecule has 0 saturated carbocycles. The summed E-state index contributed by atoms with van der Waals surface area (Å²) in [7, 11) is 1.59. The number of likely N-dealkylation sites (N-methyl/N-ethyl adjacent to an activating group) is 1. The predicted octanol–water partition coefficient (Wildman–Crippen LogP) is 4.01. The molecule has 0 saturated heterocycles. The molecule has 2 amide bonds. The number of ether oxygens (including phenoxy) is 1. The van der Waals surface area contributed by atoms with Crippen LogP contribution in [0.5, 0.6) is 5.75 Å². The van der Waals surface area contributed by atoms with E-state index in [0.717, 1.165) is 17.5 Å². The highest BCUT2D eigenvalue weighted by molar-refractivity contribution is 5.88. The van der Waals surface area contributed by atoms with E-state index in [1.54, 1.807) is 11.9 Å². The van der Waals surface area contributed by atoms with E-state index in [-0.39, 0.29) is 18.4 Å². The van der Waals surface area contributed by atoms with Gasteiger partial charge in [0.05, 0.1) is 0 Å². The molecule has 0 aromatic heterocycles. The second-order valence-corrected chi connectivity index (χ2v) is 7.61. The van der Waals surface area contributed by atoms with Gasteiger partial charge in [-0.25, -0.2) is 0 Å². The van der Waals surface area contributed by atoms with Gasteiger partial charge in [-0.3, -0.25) is 9.59 Å². The van der Waals surface area contributed by atoms with E-state index in [4.69, 9.17) is 4.74 Å². The van der Waals surface area contributed by atoms with Crippen molar-refractivity contribution in [2.75, 3.05) is 13.7 Å². The molecule has 0 bridgehead atoms. The molecular weight excluding hydrogens is 400 g/mol. The maximum Gasteiger partial charge on any atom is 0.261 e. The van der Waals surface area contributed by atoms with Gasteiger partial charge >= 0.3 is 0 Å². The quantitative estimate of drug-likeness (QED) is 0.529. The van der Waals surface area contributed by atoms with E-state index in [1.807, 2.05) is 84.9 Å². The first-order valence-electron chi connectivity index (χ1n) is 10.9. The van der Waals surface area contributed by atoms with E-state index in [0.29, 0.717) is 18.7 Å². The van der Waals surface area contributed by atoms with Crippen LogP contribution in [0.1, 0.15) is 23.6 Å². The summed E-state index contributed by atoms with van der Waals surface area (Å²) in [5, 5.41) is 2.72. The van der Waals surface area contributed by atoms with Crippen LogP contribution in [0.25, 0.3) is 0 Å². The Labute approximate surface area is 190 Å². The van der Waals surface area contributed by atoms with Crippen LogP contribution in [0.3, 0.4) is 0 Å². The second-order valence-electron chi connectivity index (χ2n) is 7.61. The molecule has 1 N–H and O–H groups in total. The summed E-state index contributed by atoms with van der Waals surface area (Å²) in [6.45, 7) is 2.27. The number of nitrogens with zero attached hydrogens (tertiary/aromatic N) is 1. The van der Waals surface area contributed by atoms with Crippen molar-refractivity contribution in [2.24, 2.45) is 0 Å². The maximum absolute atomic E-state index is 13.3. The first-order valence-corrected chi connectivity index (χ1v) is 10.9. The lowest BCUT2D eigenvalue weighted by Crippen LogP contribution is -2.51. The number of amides is 2. The molecule has 32 heavy (non-hydrogen) atoms. The molecule has 5 heteroatoms. The molecule has 1 atom stereocenters. The average molecular weight is 431 g/mol. The number of benzene rings is 3. The number of carbonyl (C=O) groups excluding carboxylic acids is 2. The highest BCUT2D eigenvalue weighted by Crippen LogP contribution is 2.17. The fourth-order valence-corrected chi connectivity index (χ4v) is 3.55. The van der Waals surface area contributed by atoms with Crippen molar-refractivity contribution in [3.63, 3.8) is 0 Å². The van der Waals surface area contributed by atoms with E-state index in [1.165, 1.54) is 5.56 Å². The first-order chi connectivity index (χ1) is 15.6. The van der Waals surface area contributed by atoms with E-state index >= 15 is 0 Å². The molecule has 0 aliphatic heterocycles. The number of rotatable bonds is 10. The van der Waals surface area contributed by atoms with Gasteiger partial charge in [0.1, 0.15) is 11.8 Å². The fraction of sp³-hybridized carbons (Fsp3) is 0.259. The van der Waals surface area contributed by atoms with Gasteiger partial charge in [0.15, 0.2) is 6.61 Å². The first kappa shape index (κ1) is 23.1. The summed E-state index contributed by atoms with van der Waals surface area (Å²) >= 11 is 0. The molecule has 0 spiro atoms. The lowest BCUT2D eigenvalue weighted by atomic mass is 10.0. The molecule has 0 radical (unpaired) electrons. The average Bonchev–Trinajstić information content (AvgIpc) is 2.85. The molecule has 0 aliphatic carbocycles. The third kappa shape index (κ3) is 6.45. The lowest BCUT2D eigenvalue weighted by Gasteiger charge is -2.31. The minimum Gasteiger partial charge on any atom is -0.484 e. The molecule has 0 unspecified atom stereocenters. The Morgan fingerprint density at radius 2 is 1.44 bits per heavy atom. The molecule has 3 aromatic rings. The molecular formula is C27H30N2O3. The van der Waals surface area contributed by atoms with Crippen LogP contribution in [-0.2, 0) is 29.0 Å². The van der Waals surface area contributed by atoms with Gasteiger partial charge in [0.25, 0.3) is 5.91 Å². The molecule has 0 heterocycles. The van der Waals surface area contributed by atoms with E-state index < -0.39 is 6.04 Å². The number of carbonyl (C=O) groups is 2. The standard InChI is InChI=1S/C27H30N2O3/c1-3-21-14-16-24(17-15-21)32-20-26(30)29(19-23-12-8-5-9-13-23)25(27(31)28-2)18-22-10-6-4-7-11-22/h4-17,25H,3,18-20H2,1-2H3,(H,28,31)/t25-/m0/s1. The third-order valence-electron chi connectivity index (χ3n) is 5.41. The summed E-state index contributed by atoms with van der Waals surface area (Å²) in [6, 6.07) is 26.5. The van der Waals surface area contributed by atoms with Gasteiger partial charge in [-0.1, -0.05) is 79.7 Å². The molecule has 166 valence electrons. The van der Waals surface area contributed by atoms with Crippen molar-refractivity contribution in [3.8, 4) is 5.75 Å². The zero-order valence-electron chi connectivity index (χ0n) is 18.7. The molecule has 0 fully saturated rings. The van der Waals surface area contributed by atoms with Gasteiger partial charge in [-0.05, 0) is 35.2 Å². The summed E-state index contributed by atoms with van der Waals surface area (Å²) in [4.78, 5) is 27.8. The van der Waals surface area contributed by atoms with Crippen molar-refractivity contribution in [1.29, 1.82) is 0 Å². The Morgan fingerprint density at radius 3 is 2.00 bits per heavy atom. The van der Waals surface area contributed by atoms with Crippen molar-refractivity contribution in [3.05, 3.63) is 102 Å². The highest BCUT2D eigenvalue weighted by Gasteiger charge is 2.30. The minimum atomic E-state index is -0.652. The molecule has 0 aliphatic rings. The van der Waals surface area contributed by atoms with Crippen LogP contribution in [0.2, 0.25) is 0 Å². The Hall–Kier alpha value is -3.60. The van der Waals surface area contributed by atoms with Crippen LogP contribution in [0.4, 0.5) is 0 Å². The smallest absolute Gasteiger partial charge is 0.261 e. The van der Waals surface area contributed by atoms with Gasteiger partial charge < -0.3 is 15.0 Å². The Balaban J connectivity index is 1.82. The zero-order valence-corrected chi connectivity index (χ0v) is 18.7. The normalized spacial score (nSPS) is 11.4. The summed E-state index contributed by atoms with van der Waals surface area (Å²) in [6.07, 6.45) is 1.36. The molecule has 3 aromatic carbocycles. The minimum absolute atomic E-state index is 0.138. The van der Waals surface area contributed by atoms with E-state index in [2.05, 4.69) is 12.2 Å². The van der Waals surface area contributed by atoms with Crippen LogP contribution in [0, 0.1) is 0 Å². The van der Waals surface area contributed by atoms with Crippen molar-refractivity contribution in [2.45, 2.75) is 32.4 Å². The Bertz CT molecular complexity index is 988. The van der Waals surface area contributed by atoms with Crippen LogP contribution < -0.4 is 10.1 Å². The van der Waals surface area contributed by atoms with Crippen molar-refractivity contribution < 1.29 is 14.3 Å². The van der Waals surface area contributed by atoms with Gasteiger partial charge in [-0.2, -0.15) is 0 Å². The Kier molecular flexibility index (Phi) is 8.44. The summed E-state index contributed by atoms with van der Waals surface area (Å²) < 4.78 is 5.78. The van der Waals surface area contributed by atoms with Crippen LogP contribution >= 0.6 is 0 Å². The molecule has 3 rings (SSSR count). The predicted molar refractivity (Wildman–Crippen MR) is 126 cm³/mol. The second kappa shape index (κ2) is 11.7.